The third kappa shape index (κ3) is 7.08. The van der Waals surface area contributed by atoms with Crippen LogP contribution in [0.1, 0.15) is 80.1 Å². The first-order chi connectivity index (χ1) is 24.3. The number of urea groups is 1. The lowest BCUT2D eigenvalue weighted by Gasteiger charge is -2.56. The van der Waals surface area contributed by atoms with Gasteiger partial charge in [0.2, 0.25) is 0 Å². The minimum Gasteiger partial charge on any atom is -0.392 e. The molecule has 9 nitrogen and oxygen atoms in total. The SMILES string of the molecule is C[C@@H]1[C@H](CSc2nncn2C)O[C@H](c2cccc(-c3cccc(CNC(=O)NC45CC6CC(CC(C6)C4)C5)c3)c2)O[C@@H]1c1ccc(CO)cc1. The second-order valence-corrected chi connectivity index (χ2v) is 16.2. The quantitative estimate of drug-likeness (QED) is 0.149. The van der Waals surface area contributed by atoms with Crippen molar-refractivity contribution in [2.45, 2.75) is 87.8 Å². The van der Waals surface area contributed by atoms with E-state index in [9.17, 15) is 9.90 Å². The van der Waals surface area contributed by atoms with E-state index in [1.807, 2.05) is 41.9 Å². The Kier molecular flexibility index (Phi) is 9.46. The minimum atomic E-state index is -0.572. The molecule has 1 aliphatic heterocycles. The number of thioether (sulfide) groups is 1. The molecule has 1 saturated heterocycles. The number of ether oxygens (including phenoxy) is 2. The maximum absolute atomic E-state index is 13.1. The third-order valence-corrected chi connectivity index (χ3v) is 12.6. The molecule has 2 amide bonds. The number of aromatic nitrogens is 3. The molecular weight excluding hydrogens is 647 g/mol. The second kappa shape index (κ2) is 14.1. The zero-order valence-corrected chi connectivity index (χ0v) is 29.6. The Hall–Kier alpha value is -3.70. The number of amides is 2. The lowest BCUT2D eigenvalue weighted by atomic mass is 9.53. The van der Waals surface area contributed by atoms with Gasteiger partial charge in [0.1, 0.15) is 6.33 Å². The van der Waals surface area contributed by atoms with Crippen LogP contribution in [0.4, 0.5) is 4.79 Å². The lowest BCUT2D eigenvalue weighted by Crippen LogP contribution is -2.61. The number of aliphatic hydroxyl groups excluding tert-OH is 1. The molecule has 0 unspecified atom stereocenters. The van der Waals surface area contributed by atoms with E-state index >= 15 is 0 Å². The summed E-state index contributed by atoms with van der Waals surface area (Å²) in [5.41, 5.74) is 6.05. The number of hydrogen-bond acceptors (Lipinski definition) is 7. The van der Waals surface area contributed by atoms with Gasteiger partial charge >= 0.3 is 6.03 Å². The second-order valence-electron chi connectivity index (χ2n) is 15.2. The van der Waals surface area contributed by atoms with Gasteiger partial charge in [0.25, 0.3) is 0 Å². The molecule has 4 aromatic rings. The van der Waals surface area contributed by atoms with E-state index < -0.39 is 6.29 Å². The van der Waals surface area contributed by atoms with Crippen LogP contribution in [0.3, 0.4) is 0 Å². The maximum Gasteiger partial charge on any atom is 0.315 e. The number of carbonyl (C=O) groups is 1. The van der Waals surface area contributed by atoms with Crippen LogP contribution in [0.15, 0.2) is 84.3 Å². The fraction of sp³-hybridized carbons (Fsp3) is 0.475. The van der Waals surface area contributed by atoms with E-state index in [-0.39, 0.29) is 36.3 Å². The van der Waals surface area contributed by atoms with Gasteiger partial charge in [-0.25, -0.2) is 4.79 Å². The lowest BCUT2D eigenvalue weighted by molar-refractivity contribution is -0.268. The number of aryl methyl sites for hydroxylation is 1. The first-order valence-corrected chi connectivity index (χ1v) is 19.0. The van der Waals surface area contributed by atoms with Crippen molar-refractivity contribution < 1.29 is 19.4 Å². The summed E-state index contributed by atoms with van der Waals surface area (Å²) in [4.78, 5) is 13.1. The minimum absolute atomic E-state index is 0.00278. The Labute approximate surface area is 298 Å². The molecule has 4 saturated carbocycles. The number of benzene rings is 3. The maximum atomic E-state index is 13.1. The van der Waals surface area contributed by atoms with Crippen LogP contribution in [0.25, 0.3) is 11.1 Å². The van der Waals surface area contributed by atoms with E-state index in [0.29, 0.717) is 12.3 Å². The smallest absolute Gasteiger partial charge is 0.315 e. The molecule has 5 fully saturated rings. The van der Waals surface area contributed by atoms with Crippen LogP contribution in [0.2, 0.25) is 0 Å². The van der Waals surface area contributed by atoms with Gasteiger partial charge < -0.3 is 29.8 Å². The number of hydrogen-bond donors (Lipinski definition) is 3. The fourth-order valence-corrected chi connectivity index (χ4v) is 10.4. The zero-order valence-electron chi connectivity index (χ0n) is 28.8. The third-order valence-electron chi connectivity index (χ3n) is 11.5. The van der Waals surface area contributed by atoms with Crippen LogP contribution in [0.5, 0.6) is 0 Å². The van der Waals surface area contributed by atoms with Gasteiger partial charge in [-0.1, -0.05) is 79.3 Å². The molecule has 4 aliphatic carbocycles. The van der Waals surface area contributed by atoms with Crippen LogP contribution in [0, 0.1) is 23.7 Å². The van der Waals surface area contributed by atoms with E-state index in [0.717, 1.165) is 75.6 Å². The highest BCUT2D eigenvalue weighted by atomic mass is 32.2. The molecule has 4 bridgehead atoms. The Morgan fingerprint density at radius 3 is 2.30 bits per heavy atom. The van der Waals surface area contributed by atoms with Crippen LogP contribution in [-0.2, 0) is 29.7 Å². The van der Waals surface area contributed by atoms with Gasteiger partial charge in [0.15, 0.2) is 11.4 Å². The van der Waals surface area contributed by atoms with Crippen molar-refractivity contribution in [2.24, 2.45) is 30.7 Å². The summed E-state index contributed by atoms with van der Waals surface area (Å²) in [6.45, 7) is 2.64. The van der Waals surface area contributed by atoms with E-state index in [1.54, 1.807) is 18.1 Å². The molecule has 3 N–H and O–H groups in total. The molecule has 1 aromatic heterocycles. The van der Waals surface area contributed by atoms with E-state index in [2.05, 4.69) is 70.2 Å². The monoisotopic (exact) mass is 693 g/mol. The summed E-state index contributed by atoms with van der Waals surface area (Å²) in [7, 11) is 1.94. The molecule has 262 valence electrons. The van der Waals surface area contributed by atoms with E-state index in [1.165, 1.54) is 19.3 Å². The van der Waals surface area contributed by atoms with Crippen molar-refractivity contribution in [2.75, 3.05) is 5.75 Å². The highest BCUT2D eigenvalue weighted by Crippen LogP contribution is 2.55. The van der Waals surface area contributed by atoms with Gasteiger partial charge in [-0.2, -0.15) is 0 Å². The molecule has 0 radical (unpaired) electrons. The zero-order chi connectivity index (χ0) is 34.2. The molecule has 50 heavy (non-hydrogen) atoms. The van der Waals surface area contributed by atoms with Crippen molar-refractivity contribution >= 4 is 17.8 Å². The number of aliphatic hydroxyl groups is 1. The largest absolute Gasteiger partial charge is 0.392 e. The van der Waals surface area contributed by atoms with Gasteiger partial charge in [0.05, 0.1) is 18.8 Å². The standard InChI is InChI=1S/C40H47N5O4S/c1-25-35(23-50-39-44-42-24-45(39)2)48-37(49-36(25)31-11-9-26(22-46)10-12-31)34-8-4-7-33(17-34)32-6-3-5-27(16-32)21-41-38(47)43-40-18-28-13-29(19-40)15-30(14-28)20-40/h3-12,16-17,24-25,28-30,35-37,46H,13-15,18-23H2,1-2H3,(H2,41,43,47)/t25-,28?,29?,30?,35+,36+,37+,40?/m1/s1. The number of carbonyl (C=O) groups excluding carboxylic acids is 1. The Morgan fingerprint density at radius 1 is 0.920 bits per heavy atom. The predicted molar refractivity (Wildman–Crippen MR) is 193 cm³/mol. The predicted octanol–water partition coefficient (Wildman–Crippen LogP) is 7.33. The first kappa shape index (κ1) is 33.4. The van der Waals surface area contributed by atoms with Gasteiger partial charge in [-0.3, -0.25) is 0 Å². The van der Waals surface area contributed by atoms with Gasteiger partial charge in [-0.15, -0.1) is 10.2 Å². The number of nitrogens with one attached hydrogen (secondary N) is 2. The van der Waals surface area contributed by atoms with Crippen molar-refractivity contribution in [3.8, 4) is 11.1 Å². The molecule has 9 rings (SSSR count). The number of nitrogens with zero attached hydrogens (tertiary/aromatic N) is 3. The summed E-state index contributed by atoms with van der Waals surface area (Å²) in [6.07, 6.45) is 8.33. The normalized spacial score (nSPS) is 29.9. The average molecular weight is 694 g/mol. The first-order valence-electron chi connectivity index (χ1n) is 18.1. The average Bonchev–Trinajstić information content (AvgIpc) is 3.54. The highest BCUT2D eigenvalue weighted by Gasteiger charge is 2.51. The Balaban J connectivity index is 0.968. The summed E-state index contributed by atoms with van der Waals surface area (Å²) in [6, 6.07) is 24.7. The summed E-state index contributed by atoms with van der Waals surface area (Å²) < 4.78 is 15.4. The Morgan fingerprint density at radius 2 is 1.62 bits per heavy atom. The summed E-state index contributed by atoms with van der Waals surface area (Å²) >= 11 is 1.63. The van der Waals surface area contributed by atoms with Crippen molar-refractivity contribution in [3.05, 3.63) is 101 Å². The molecule has 4 atom stereocenters. The van der Waals surface area contributed by atoms with Gasteiger partial charge in [-0.05, 0) is 96.2 Å². The Bertz CT molecular complexity index is 1780. The number of rotatable bonds is 10. The molecular formula is C40H47N5O4S. The van der Waals surface area contributed by atoms with Crippen LogP contribution < -0.4 is 10.6 Å². The topological polar surface area (TPSA) is 111 Å². The van der Waals surface area contributed by atoms with E-state index in [4.69, 9.17) is 9.47 Å². The van der Waals surface area contributed by atoms with Crippen LogP contribution >= 0.6 is 11.8 Å². The van der Waals surface area contributed by atoms with Crippen molar-refractivity contribution in [1.29, 1.82) is 0 Å². The molecule has 3 aromatic carbocycles. The highest BCUT2D eigenvalue weighted by molar-refractivity contribution is 7.99. The summed E-state index contributed by atoms with van der Waals surface area (Å²) in [5.74, 6) is 3.14. The van der Waals surface area contributed by atoms with Crippen LogP contribution in [-0.4, -0.2) is 43.3 Å². The van der Waals surface area contributed by atoms with Crippen molar-refractivity contribution in [3.63, 3.8) is 0 Å². The summed E-state index contributed by atoms with van der Waals surface area (Å²) in [5, 5.41) is 25.3. The molecule has 10 heteroatoms. The molecule has 2 heterocycles. The fourth-order valence-electron chi connectivity index (χ4n) is 9.33. The van der Waals surface area contributed by atoms with Crippen molar-refractivity contribution in [1.82, 2.24) is 25.4 Å². The van der Waals surface area contributed by atoms with Gasteiger partial charge in [0, 0.05) is 36.4 Å². The molecule has 5 aliphatic rings. The molecule has 0 spiro atoms.